The zero-order valence-electron chi connectivity index (χ0n) is 9.96. The normalized spacial score (nSPS) is 10.2. The van der Waals surface area contributed by atoms with Crippen LogP contribution in [-0.4, -0.2) is 4.98 Å². The Morgan fingerprint density at radius 3 is 2.39 bits per heavy atom. The van der Waals surface area contributed by atoms with Crippen LogP contribution in [0.15, 0.2) is 28.7 Å². The summed E-state index contributed by atoms with van der Waals surface area (Å²) in [4.78, 5) is 4.27. The molecule has 2 aromatic rings. The number of benzene rings is 1. The average Bonchev–Trinajstić information content (AvgIpc) is 2.31. The van der Waals surface area contributed by atoms with Gasteiger partial charge in [-0.3, -0.25) is 4.98 Å². The fourth-order valence-corrected chi connectivity index (χ4v) is 2.22. The molecule has 0 unspecified atom stereocenters. The smallest absolute Gasteiger partial charge is 0.155 e. The Morgan fingerprint density at radius 2 is 1.83 bits per heavy atom. The quantitative estimate of drug-likeness (QED) is 0.794. The maximum Gasteiger partial charge on any atom is 0.155 e. The van der Waals surface area contributed by atoms with Gasteiger partial charge in [0, 0.05) is 17.0 Å². The third kappa shape index (κ3) is 2.27. The number of hydrogen-bond acceptors (Lipinski definition) is 2. The number of nitrogens with zero attached hydrogens (tertiary/aromatic N) is 2. The van der Waals surface area contributed by atoms with Gasteiger partial charge >= 0.3 is 0 Å². The third-order valence-electron chi connectivity index (χ3n) is 2.60. The molecule has 0 N–H and O–H groups in total. The van der Waals surface area contributed by atoms with Gasteiger partial charge in [0.05, 0.1) is 10.0 Å². The molecule has 0 saturated heterocycles. The highest BCUT2D eigenvalue weighted by atomic mass is 79.9. The van der Waals surface area contributed by atoms with Crippen LogP contribution in [0.25, 0.3) is 11.1 Å². The molecule has 90 valence electrons. The number of pyridine rings is 1. The van der Waals surface area contributed by atoms with Gasteiger partial charge in [-0.05, 0) is 53.5 Å². The summed E-state index contributed by atoms with van der Waals surface area (Å²) in [5, 5.41) is 9.10. The second-order valence-corrected chi connectivity index (χ2v) is 4.89. The molecule has 0 amide bonds. The molecule has 0 fully saturated rings. The van der Waals surface area contributed by atoms with E-state index in [4.69, 9.17) is 5.26 Å². The van der Waals surface area contributed by atoms with Crippen molar-refractivity contribution in [1.82, 2.24) is 4.98 Å². The molecular weight excluding hydrogens is 295 g/mol. The van der Waals surface area contributed by atoms with E-state index in [-0.39, 0.29) is 5.56 Å². The van der Waals surface area contributed by atoms with Crippen LogP contribution in [0, 0.1) is 31.0 Å². The lowest BCUT2D eigenvalue weighted by Crippen LogP contribution is -1.94. The lowest BCUT2D eigenvalue weighted by Gasteiger charge is -2.08. The van der Waals surface area contributed by atoms with Crippen LogP contribution in [0.1, 0.15) is 17.0 Å². The standard InChI is InChI=1S/C14H10BrFN2/c1-8-5-10(6-9(2)18-8)11-3-4-13(15)14(16)12(11)7-17/h3-6H,1-2H3. The molecular formula is C14H10BrFN2. The zero-order valence-corrected chi connectivity index (χ0v) is 11.5. The minimum Gasteiger partial charge on any atom is -0.258 e. The molecule has 1 aromatic carbocycles. The van der Waals surface area contributed by atoms with E-state index in [9.17, 15) is 4.39 Å². The molecule has 2 rings (SSSR count). The van der Waals surface area contributed by atoms with Crippen LogP contribution in [0.3, 0.4) is 0 Å². The minimum absolute atomic E-state index is 0.0503. The lowest BCUT2D eigenvalue weighted by atomic mass is 9.99. The van der Waals surface area contributed by atoms with Gasteiger partial charge in [0.1, 0.15) is 6.07 Å². The fourth-order valence-electron chi connectivity index (χ4n) is 1.89. The molecule has 2 nitrogen and oxygen atoms in total. The molecule has 4 heteroatoms. The first-order valence-electron chi connectivity index (χ1n) is 5.36. The molecule has 0 atom stereocenters. The number of nitriles is 1. The average molecular weight is 305 g/mol. The second kappa shape index (κ2) is 4.87. The number of aromatic nitrogens is 1. The Labute approximate surface area is 113 Å². The molecule has 1 heterocycles. The van der Waals surface area contributed by atoms with Crippen LogP contribution in [0.2, 0.25) is 0 Å². The van der Waals surface area contributed by atoms with Gasteiger partial charge in [-0.15, -0.1) is 0 Å². The van der Waals surface area contributed by atoms with Crippen molar-refractivity contribution >= 4 is 15.9 Å². The maximum absolute atomic E-state index is 13.9. The van der Waals surface area contributed by atoms with E-state index >= 15 is 0 Å². The summed E-state index contributed by atoms with van der Waals surface area (Å²) in [6.45, 7) is 3.75. The van der Waals surface area contributed by atoms with E-state index < -0.39 is 5.82 Å². The first-order chi connectivity index (χ1) is 8.52. The number of rotatable bonds is 1. The Bertz CT molecular complexity index is 639. The monoisotopic (exact) mass is 304 g/mol. The Kier molecular flexibility index (Phi) is 3.44. The molecule has 0 spiro atoms. The SMILES string of the molecule is Cc1cc(-c2ccc(Br)c(F)c2C#N)cc(C)n1. The first kappa shape index (κ1) is 12.7. The Morgan fingerprint density at radius 1 is 1.22 bits per heavy atom. The molecule has 0 aliphatic heterocycles. The van der Waals surface area contributed by atoms with Crippen molar-refractivity contribution in [2.24, 2.45) is 0 Å². The van der Waals surface area contributed by atoms with E-state index in [0.29, 0.717) is 10.0 Å². The topological polar surface area (TPSA) is 36.7 Å². The predicted molar refractivity (Wildman–Crippen MR) is 71.5 cm³/mol. The highest BCUT2D eigenvalue weighted by Crippen LogP contribution is 2.30. The van der Waals surface area contributed by atoms with Gasteiger partial charge in [-0.2, -0.15) is 5.26 Å². The van der Waals surface area contributed by atoms with Crippen molar-refractivity contribution in [2.75, 3.05) is 0 Å². The van der Waals surface area contributed by atoms with Crippen molar-refractivity contribution in [3.8, 4) is 17.2 Å². The molecule has 0 radical (unpaired) electrons. The largest absolute Gasteiger partial charge is 0.258 e. The Balaban J connectivity index is 2.72. The molecule has 0 aliphatic rings. The minimum atomic E-state index is -0.526. The predicted octanol–water partition coefficient (Wildman–Crippen LogP) is 4.14. The van der Waals surface area contributed by atoms with Crippen LogP contribution >= 0.6 is 15.9 Å². The third-order valence-corrected chi connectivity index (χ3v) is 3.21. The first-order valence-corrected chi connectivity index (χ1v) is 6.16. The molecule has 18 heavy (non-hydrogen) atoms. The molecule has 0 saturated carbocycles. The van der Waals surface area contributed by atoms with Crippen LogP contribution in [-0.2, 0) is 0 Å². The summed E-state index contributed by atoms with van der Waals surface area (Å²) in [6.07, 6.45) is 0. The summed E-state index contributed by atoms with van der Waals surface area (Å²) < 4.78 is 14.2. The van der Waals surface area contributed by atoms with Crippen molar-refractivity contribution in [1.29, 1.82) is 5.26 Å². The summed E-state index contributed by atoms with van der Waals surface area (Å²) in [5.74, 6) is -0.526. The number of hydrogen-bond donors (Lipinski definition) is 0. The summed E-state index contributed by atoms with van der Waals surface area (Å²) >= 11 is 3.08. The second-order valence-electron chi connectivity index (χ2n) is 4.03. The number of aryl methyl sites for hydroxylation is 2. The summed E-state index contributed by atoms with van der Waals surface area (Å²) in [5.41, 5.74) is 3.14. The van der Waals surface area contributed by atoms with Gasteiger partial charge in [-0.25, -0.2) is 4.39 Å². The van der Waals surface area contributed by atoms with Crippen LogP contribution in [0.5, 0.6) is 0 Å². The molecule has 0 aliphatic carbocycles. The molecule has 1 aromatic heterocycles. The van der Waals surface area contributed by atoms with E-state index in [2.05, 4.69) is 20.9 Å². The summed E-state index contributed by atoms with van der Waals surface area (Å²) in [7, 11) is 0. The van der Waals surface area contributed by atoms with Gasteiger partial charge in [0.2, 0.25) is 0 Å². The van der Waals surface area contributed by atoms with E-state index in [0.717, 1.165) is 17.0 Å². The van der Waals surface area contributed by atoms with Crippen molar-refractivity contribution < 1.29 is 4.39 Å². The van der Waals surface area contributed by atoms with Crippen LogP contribution < -0.4 is 0 Å². The fraction of sp³-hybridized carbons (Fsp3) is 0.143. The molecule has 0 bridgehead atoms. The number of halogens is 2. The van der Waals surface area contributed by atoms with E-state index in [1.807, 2.05) is 32.0 Å². The van der Waals surface area contributed by atoms with E-state index in [1.165, 1.54) is 0 Å². The van der Waals surface area contributed by atoms with Crippen molar-refractivity contribution in [3.63, 3.8) is 0 Å². The zero-order chi connectivity index (χ0) is 13.3. The van der Waals surface area contributed by atoms with Gasteiger partial charge < -0.3 is 0 Å². The van der Waals surface area contributed by atoms with Gasteiger partial charge in [-0.1, -0.05) is 6.07 Å². The Hall–Kier alpha value is -1.73. The summed E-state index contributed by atoms with van der Waals surface area (Å²) in [6, 6.07) is 8.95. The van der Waals surface area contributed by atoms with Gasteiger partial charge in [0.25, 0.3) is 0 Å². The van der Waals surface area contributed by atoms with Gasteiger partial charge in [0.15, 0.2) is 5.82 Å². The maximum atomic E-state index is 13.9. The van der Waals surface area contributed by atoms with Crippen LogP contribution in [0.4, 0.5) is 4.39 Å². The van der Waals surface area contributed by atoms with E-state index in [1.54, 1.807) is 12.1 Å². The van der Waals surface area contributed by atoms with Crippen molar-refractivity contribution in [2.45, 2.75) is 13.8 Å². The lowest BCUT2D eigenvalue weighted by molar-refractivity contribution is 0.618. The highest BCUT2D eigenvalue weighted by molar-refractivity contribution is 9.10. The van der Waals surface area contributed by atoms with Crippen molar-refractivity contribution in [3.05, 3.63) is 51.5 Å². The highest BCUT2D eigenvalue weighted by Gasteiger charge is 2.13.